The number of hydrogen-bond acceptors (Lipinski definition) is 7. The molecule has 0 amide bonds. The zero-order valence-electron chi connectivity index (χ0n) is 22.0. The smallest absolute Gasteiger partial charge is 0.343 e. The lowest BCUT2D eigenvalue weighted by Crippen LogP contribution is -2.81. The molecule has 3 aliphatic heterocycles. The Morgan fingerprint density at radius 3 is 2.62 bits per heavy atom. The maximum absolute atomic E-state index is 13.3. The number of rotatable bonds is 1. The molecule has 2 N–H and O–H groups in total. The molecular formula is C30H35NO6. The number of aromatic nitrogens is 1. The number of ether oxygens (including phenoxy) is 2. The summed E-state index contributed by atoms with van der Waals surface area (Å²) in [4.78, 5) is 17.4. The lowest BCUT2D eigenvalue weighted by atomic mass is 9.35. The predicted octanol–water partition coefficient (Wildman–Crippen LogP) is 4.40. The fraction of sp³-hybridized carbons (Fsp3) is 0.600. The van der Waals surface area contributed by atoms with Crippen LogP contribution in [-0.2, 0) is 11.2 Å². The van der Waals surface area contributed by atoms with Crippen LogP contribution in [0.15, 0.2) is 51.5 Å². The van der Waals surface area contributed by atoms with Crippen molar-refractivity contribution in [1.82, 2.24) is 4.98 Å². The number of pyridine rings is 1. The minimum Gasteiger partial charge on any atom is -0.481 e. The van der Waals surface area contributed by atoms with Crippen molar-refractivity contribution in [1.29, 1.82) is 0 Å². The molecule has 7 heteroatoms. The average molecular weight is 506 g/mol. The Balaban J connectivity index is 1.35. The number of hydrogen-bond donors (Lipinski definition) is 2. The first-order chi connectivity index (χ1) is 17.4. The molecule has 2 bridgehead atoms. The van der Waals surface area contributed by atoms with Crippen molar-refractivity contribution in [3.63, 3.8) is 0 Å². The molecule has 3 aliphatic carbocycles. The molecule has 8 rings (SSSR count). The maximum atomic E-state index is 13.3. The molecule has 0 radical (unpaired) electrons. The fourth-order valence-corrected chi connectivity index (χ4v) is 9.19. The van der Waals surface area contributed by atoms with Gasteiger partial charge in [-0.1, -0.05) is 26.8 Å². The van der Waals surface area contributed by atoms with Gasteiger partial charge in [0.05, 0.1) is 17.8 Å². The third-order valence-corrected chi connectivity index (χ3v) is 11.6. The van der Waals surface area contributed by atoms with Gasteiger partial charge in [-0.3, -0.25) is 4.98 Å². The topological polar surface area (TPSA) is 102 Å². The molecule has 37 heavy (non-hydrogen) atoms. The summed E-state index contributed by atoms with van der Waals surface area (Å²) >= 11 is 0. The first kappa shape index (κ1) is 23.6. The third kappa shape index (κ3) is 2.50. The summed E-state index contributed by atoms with van der Waals surface area (Å²) in [6, 6.07) is 5.50. The Kier molecular flexibility index (Phi) is 4.42. The van der Waals surface area contributed by atoms with E-state index in [0.717, 1.165) is 24.0 Å². The maximum Gasteiger partial charge on any atom is 0.343 e. The van der Waals surface area contributed by atoms with Crippen molar-refractivity contribution in [2.45, 2.75) is 83.2 Å². The van der Waals surface area contributed by atoms with Crippen LogP contribution in [-0.4, -0.2) is 38.8 Å². The van der Waals surface area contributed by atoms with Gasteiger partial charge in [-0.15, -0.1) is 0 Å². The highest BCUT2D eigenvalue weighted by Gasteiger charge is 2.80. The molecular weight excluding hydrogens is 470 g/mol. The van der Waals surface area contributed by atoms with Crippen LogP contribution in [0.4, 0.5) is 0 Å². The summed E-state index contributed by atoms with van der Waals surface area (Å²) in [6.45, 7) is 8.62. The zero-order valence-corrected chi connectivity index (χ0v) is 22.0. The molecule has 7 nitrogen and oxygen atoms in total. The normalized spacial score (nSPS) is 43.0. The van der Waals surface area contributed by atoms with Gasteiger partial charge >= 0.3 is 5.63 Å². The lowest BCUT2D eigenvalue weighted by Gasteiger charge is -2.75. The van der Waals surface area contributed by atoms with Crippen LogP contribution >= 0.6 is 0 Å². The van der Waals surface area contributed by atoms with Crippen LogP contribution in [0.2, 0.25) is 0 Å². The second-order valence-electron chi connectivity index (χ2n) is 12.9. The van der Waals surface area contributed by atoms with Crippen LogP contribution in [0.1, 0.15) is 65.4 Å². The molecule has 2 aromatic heterocycles. The van der Waals surface area contributed by atoms with Crippen LogP contribution in [0.3, 0.4) is 0 Å². The molecule has 2 spiro atoms. The van der Waals surface area contributed by atoms with E-state index in [2.05, 4.69) is 24.9 Å². The van der Waals surface area contributed by atoms with E-state index in [-0.39, 0.29) is 17.0 Å². The highest BCUT2D eigenvalue weighted by Crippen LogP contribution is 2.75. The average Bonchev–Trinajstić information content (AvgIpc) is 3.28. The van der Waals surface area contributed by atoms with Gasteiger partial charge in [-0.2, -0.15) is 0 Å². The van der Waals surface area contributed by atoms with E-state index < -0.39 is 27.8 Å². The van der Waals surface area contributed by atoms with Crippen molar-refractivity contribution in [3.8, 4) is 17.1 Å². The monoisotopic (exact) mass is 505 g/mol. The third-order valence-electron chi connectivity index (χ3n) is 11.6. The molecule has 0 unspecified atom stereocenters. The molecule has 6 aliphatic rings. The highest BCUT2D eigenvalue weighted by atomic mass is 16.6. The lowest BCUT2D eigenvalue weighted by molar-refractivity contribution is -0.439. The Morgan fingerprint density at radius 1 is 1.11 bits per heavy atom. The highest BCUT2D eigenvalue weighted by molar-refractivity contribution is 5.59. The molecule has 5 heterocycles. The Hall–Kier alpha value is -2.48. The van der Waals surface area contributed by atoms with Gasteiger partial charge in [0.15, 0.2) is 5.79 Å². The van der Waals surface area contributed by atoms with E-state index in [4.69, 9.17) is 13.9 Å². The largest absolute Gasteiger partial charge is 0.481 e. The van der Waals surface area contributed by atoms with Gasteiger partial charge < -0.3 is 24.1 Å². The minimum atomic E-state index is -1.32. The number of aliphatic hydroxyl groups is 2. The summed E-state index contributed by atoms with van der Waals surface area (Å²) in [5.41, 5.74) is -1.41. The van der Waals surface area contributed by atoms with Crippen LogP contribution < -0.4 is 10.4 Å². The van der Waals surface area contributed by atoms with Crippen LogP contribution in [0.25, 0.3) is 11.3 Å². The summed E-state index contributed by atoms with van der Waals surface area (Å²) in [5.74, 6) is -0.248. The molecule has 2 saturated carbocycles. The second-order valence-corrected chi connectivity index (χ2v) is 12.9. The van der Waals surface area contributed by atoms with E-state index in [0.29, 0.717) is 49.4 Å². The number of nitrogens with zero attached hydrogens (tertiary/aromatic N) is 1. The van der Waals surface area contributed by atoms with Gasteiger partial charge in [-0.25, -0.2) is 4.79 Å². The van der Waals surface area contributed by atoms with Gasteiger partial charge in [0.2, 0.25) is 0 Å². The van der Waals surface area contributed by atoms with Crippen molar-refractivity contribution in [2.75, 3.05) is 6.61 Å². The van der Waals surface area contributed by atoms with Crippen LogP contribution in [0.5, 0.6) is 5.75 Å². The first-order valence-electron chi connectivity index (χ1n) is 13.5. The van der Waals surface area contributed by atoms with Crippen LogP contribution in [0, 0.1) is 22.2 Å². The van der Waals surface area contributed by atoms with Gasteiger partial charge in [-0.05, 0) is 56.2 Å². The predicted molar refractivity (Wildman–Crippen MR) is 136 cm³/mol. The van der Waals surface area contributed by atoms with E-state index in [9.17, 15) is 15.0 Å². The summed E-state index contributed by atoms with van der Waals surface area (Å²) in [7, 11) is 0. The van der Waals surface area contributed by atoms with E-state index in [1.165, 1.54) is 0 Å². The SMILES string of the molecule is CC1=CC[C@@H]2[C@]34CC[C@](O)(OC3)C(C)(C)[C@]4(O)CC[C@@]2(C)[C@]12Cc1c(cc(-c3cccnc3)oc1=O)O2. The van der Waals surface area contributed by atoms with E-state index in [1.54, 1.807) is 12.4 Å². The Labute approximate surface area is 216 Å². The van der Waals surface area contributed by atoms with Gasteiger partial charge in [0, 0.05) is 53.1 Å². The van der Waals surface area contributed by atoms with Crippen molar-refractivity contribution < 1.29 is 24.1 Å². The molecule has 6 atom stereocenters. The minimum absolute atomic E-state index is 0.0609. The standard InChI is InChI=1S/C30H35NO6/c1-18-7-8-23-26(4,9-11-29(33)25(2,3)30(34)12-10-27(23,29)17-35-30)28(18)15-20-22(37-28)14-21(36-24(20)32)19-6-5-13-31-16-19/h5-7,13-14,16,23,33-34H,8-12,15,17H2,1-4H3/t23-,26+,27-,28-,29+,30-/m0/s1. The number of allylic oxidation sites excluding steroid dienone is 1. The first-order valence-corrected chi connectivity index (χ1v) is 13.5. The molecule has 2 aromatic rings. The van der Waals surface area contributed by atoms with E-state index >= 15 is 0 Å². The van der Waals surface area contributed by atoms with Crippen molar-refractivity contribution in [3.05, 3.63) is 58.2 Å². The molecule has 0 aromatic carbocycles. The summed E-state index contributed by atoms with van der Waals surface area (Å²) in [5, 5.41) is 23.8. The quantitative estimate of drug-likeness (QED) is 0.554. The Bertz CT molecular complexity index is 1390. The van der Waals surface area contributed by atoms with Gasteiger partial charge in [0.1, 0.15) is 17.1 Å². The van der Waals surface area contributed by atoms with Crippen molar-refractivity contribution in [2.24, 2.45) is 22.2 Å². The van der Waals surface area contributed by atoms with E-state index in [1.807, 2.05) is 32.0 Å². The summed E-state index contributed by atoms with van der Waals surface area (Å²) in [6.07, 6.45) is 9.31. The second kappa shape index (κ2) is 6.93. The fourth-order valence-electron chi connectivity index (χ4n) is 9.19. The zero-order chi connectivity index (χ0) is 26.1. The molecule has 2 saturated heterocycles. The molecule has 196 valence electrons. The van der Waals surface area contributed by atoms with Crippen molar-refractivity contribution >= 4 is 0 Å². The van der Waals surface area contributed by atoms with Gasteiger partial charge in [0.25, 0.3) is 0 Å². The molecule has 4 fully saturated rings. The summed E-state index contributed by atoms with van der Waals surface area (Å²) < 4.78 is 18.9. The number of fused-ring (bicyclic) bond motifs is 5. The Morgan fingerprint density at radius 2 is 1.92 bits per heavy atom.